The summed E-state index contributed by atoms with van der Waals surface area (Å²) in [6.07, 6.45) is 10.6. The normalized spacial score (nSPS) is 31.9. The van der Waals surface area contributed by atoms with Crippen LogP contribution in [0, 0.1) is 11.8 Å². The Labute approximate surface area is 140 Å². The Morgan fingerprint density at radius 1 is 0.957 bits per heavy atom. The number of carbonyl (C=O) groups excluding carboxylic acids is 1. The van der Waals surface area contributed by atoms with Crippen molar-refractivity contribution in [3.63, 3.8) is 0 Å². The number of quaternary nitrogens is 1. The van der Waals surface area contributed by atoms with Gasteiger partial charge >= 0.3 is 5.97 Å². The molecule has 23 heavy (non-hydrogen) atoms. The monoisotopic (exact) mass is 324 g/mol. The topological polar surface area (TPSA) is 46.5 Å². The van der Waals surface area contributed by atoms with Crippen molar-refractivity contribution >= 4 is 5.97 Å². The number of carbonyl (C=O) groups is 1. The van der Waals surface area contributed by atoms with E-state index in [9.17, 15) is 9.90 Å². The Hall–Kier alpha value is -0.610. The number of aliphatic hydroxyl groups is 1. The van der Waals surface area contributed by atoms with Gasteiger partial charge in [-0.15, -0.1) is 0 Å². The molecule has 1 aliphatic heterocycles. The molecule has 4 heteroatoms. The predicted molar refractivity (Wildman–Crippen MR) is 89.8 cm³/mol. The predicted octanol–water partition coefficient (Wildman–Crippen LogP) is 2.88. The Kier molecular flexibility index (Phi) is 5.03. The second-order valence-electron chi connectivity index (χ2n) is 8.80. The average Bonchev–Trinajstić information content (AvgIpc) is 3.17. The van der Waals surface area contributed by atoms with E-state index in [-0.39, 0.29) is 23.9 Å². The second kappa shape index (κ2) is 6.72. The largest absolute Gasteiger partial charge is 0.454 e. The molecular weight excluding hydrogens is 290 g/mol. The van der Waals surface area contributed by atoms with Gasteiger partial charge in [-0.25, -0.2) is 4.79 Å². The van der Waals surface area contributed by atoms with Crippen LogP contribution in [0.4, 0.5) is 0 Å². The van der Waals surface area contributed by atoms with Crippen LogP contribution in [-0.2, 0) is 9.53 Å². The van der Waals surface area contributed by atoms with Crippen LogP contribution in [0.25, 0.3) is 0 Å². The molecule has 0 aromatic carbocycles. The first-order valence-corrected chi connectivity index (χ1v) is 9.67. The van der Waals surface area contributed by atoms with E-state index >= 15 is 0 Å². The van der Waals surface area contributed by atoms with Gasteiger partial charge in [0.15, 0.2) is 11.7 Å². The van der Waals surface area contributed by atoms with E-state index in [4.69, 9.17) is 4.74 Å². The van der Waals surface area contributed by atoms with Gasteiger partial charge in [0.05, 0.1) is 20.6 Å². The van der Waals surface area contributed by atoms with Crippen LogP contribution in [0.2, 0.25) is 0 Å². The molecule has 1 saturated heterocycles. The Bertz CT molecular complexity index is 424. The molecule has 1 heterocycles. The summed E-state index contributed by atoms with van der Waals surface area (Å²) in [6, 6.07) is 0. The van der Waals surface area contributed by atoms with Gasteiger partial charge in [-0.05, 0) is 37.5 Å². The molecule has 0 radical (unpaired) electrons. The first-order chi connectivity index (χ1) is 10.9. The van der Waals surface area contributed by atoms with Gasteiger partial charge in [0.25, 0.3) is 0 Å². The number of nitrogens with zero attached hydrogens (tertiary/aromatic N) is 1. The van der Waals surface area contributed by atoms with Crippen molar-refractivity contribution in [2.75, 3.05) is 27.2 Å². The van der Waals surface area contributed by atoms with Gasteiger partial charge in [-0.1, -0.05) is 32.1 Å². The summed E-state index contributed by atoms with van der Waals surface area (Å²) in [5, 5.41) is 11.5. The lowest BCUT2D eigenvalue weighted by atomic mass is 9.70. The minimum Gasteiger partial charge on any atom is -0.454 e. The molecule has 0 amide bonds. The zero-order valence-corrected chi connectivity index (χ0v) is 14.9. The van der Waals surface area contributed by atoms with E-state index in [1.54, 1.807) is 0 Å². The standard InChI is InChI=1S/C19H34NO3/c1-20(2)13-12-17(14-20)23-18(21)19(22,16-10-6-7-11-16)15-8-4-3-5-9-15/h15-17,22H,3-14H2,1-2H3/q+1/t17-,19-/m1/s1. The summed E-state index contributed by atoms with van der Waals surface area (Å²) >= 11 is 0. The zero-order chi connectivity index (χ0) is 16.5. The van der Waals surface area contributed by atoms with Gasteiger partial charge in [0.1, 0.15) is 6.54 Å². The van der Waals surface area contributed by atoms with Gasteiger partial charge in [-0.2, -0.15) is 0 Å². The molecule has 3 rings (SSSR count). The zero-order valence-electron chi connectivity index (χ0n) is 14.9. The highest BCUT2D eigenvalue weighted by Crippen LogP contribution is 2.44. The van der Waals surface area contributed by atoms with E-state index in [0.29, 0.717) is 0 Å². The minimum absolute atomic E-state index is 0.0194. The number of esters is 1. The molecule has 3 fully saturated rings. The molecule has 2 atom stereocenters. The third-order valence-corrected chi connectivity index (χ3v) is 6.56. The van der Waals surface area contributed by atoms with Crippen molar-refractivity contribution in [3.8, 4) is 0 Å². The van der Waals surface area contributed by atoms with Gasteiger partial charge < -0.3 is 14.3 Å². The van der Waals surface area contributed by atoms with Crippen molar-refractivity contribution in [2.24, 2.45) is 11.8 Å². The number of ether oxygens (including phenoxy) is 1. The number of hydrogen-bond acceptors (Lipinski definition) is 3. The molecule has 3 aliphatic rings. The van der Waals surface area contributed by atoms with Crippen LogP contribution in [-0.4, -0.2) is 54.4 Å². The quantitative estimate of drug-likeness (QED) is 0.639. The fraction of sp³-hybridized carbons (Fsp3) is 0.947. The van der Waals surface area contributed by atoms with Crippen molar-refractivity contribution in [2.45, 2.75) is 75.9 Å². The number of hydrogen-bond donors (Lipinski definition) is 1. The van der Waals surface area contributed by atoms with Crippen LogP contribution in [0.15, 0.2) is 0 Å². The van der Waals surface area contributed by atoms with E-state index in [2.05, 4.69) is 14.1 Å². The average molecular weight is 324 g/mol. The summed E-state index contributed by atoms with van der Waals surface area (Å²) in [6.45, 7) is 1.92. The molecule has 132 valence electrons. The van der Waals surface area contributed by atoms with Crippen LogP contribution in [0.3, 0.4) is 0 Å². The summed E-state index contributed by atoms with van der Waals surface area (Å²) in [4.78, 5) is 13.0. The summed E-state index contributed by atoms with van der Waals surface area (Å²) in [7, 11) is 4.36. The van der Waals surface area contributed by atoms with Crippen molar-refractivity contribution in [1.29, 1.82) is 0 Å². The van der Waals surface area contributed by atoms with Crippen molar-refractivity contribution < 1.29 is 19.1 Å². The van der Waals surface area contributed by atoms with Crippen molar-refractivity contribution in [1.82, 2.24) is 0 Å². The van der Waals surface area contributed by atoms with Crippen LogP contribution in [0.5, 0.6) is 0 Å². The van der Waals surface area contributed by atoms with Gasteiger partial charge in [0, 0.05) is 6.42 Å². The molecule has 4 nitrogen and oxygen atoms in total. The van der Waals surface area contributed by atoms with E-state index in [1.807, 2.05) is 0 Å². The molecule has 2 aliphatic carbocycles. The molecule has 0 spiro atoms. The summed E-state index contributed by atoms with van der Waals surface area (Å²) in [5.41, 5.74) is -1.23. The highest BCUT2D eigenvalue weighted by molar-refractivity contribution is 5.80. The summed E-state index contributed by atoms with van der Waals surface area (Å²) < 4.78 is 6.78. The highest BCUT2D eigenvalue weighted by Gasteiger charge is 2.53. The third kappa shape index (κ3) is 3.58. The smallest absolute Gasteiger partial charge is 0.339 e. The third-order valence-electron chi connectivity index (χ3n) is 6.56. The van der Waals surface area contributed by atoms with Crippen LogP contribution in [0.1, 0.15) is 64.2 Å². The summed E-state index contributed by atoms with van der Waals surface area (Å²) in [5.74, 6) is -0.0824. The second-order valence-corrected chi connectivity index (χ2v) is 8.80. The van der Waals surface area contributed by atoms with E-state index in [0.717, 1.165) is 75.4 Å². The fourth-order valence-corrected chi connectivity index (χ4v) is 5.14. The Morgan fingerprint density at radius 3 is 1.96 bits per heavy atom. The maximum atomic E-state index is 13.0. The lowest BCUT2D eigenvalue weighted by Crippen LogP contribution is -2.54. The highest BCUT2D eigenvalue weighted by atomic mass is 16.6. The molecule has 2 saturated carbocycles. The number of rotatable bonds is 4. The van der Waals surface area contributed by atoms with E-state index < -0.39 is 5.60 Å². The lowest BCUT2D eigenvalue weighted by molar-refractivity contribution is -0.879. The molecule has 0 aromatic rings. The minimum atomic E-state index is -1.23. The van der Waals surface area contributed by atoms with Crippen LogP contribution >= 0.6 is 0 Å². The van der Waals surface area contributed by atoms with E-state index in [1.165, 1.54) is 6.42 Å². The maximum Gasteiger partial charge on any atom is 0.339 e. The number of likely N-dealkylation sites (tertiary alicyclic amines) is 1. The Balaban J connectivity index is 1.73. The van der Waals surface area contributed by atoms with Gasteiger partial charge in [-0.3, -0.25) is 0 Å². The maximum absolute atomic E-state index is 13.0. The first kappa shape index (κ1) is 17.2. The SMILES string of the molecule is C[N+]1(C)CC[C@@H](OC(=O)[C@@](O)(C2CCCCC2)C2CCCC2)C1. The van der Waals surface area contributed by atoms with Gasteiger partial charge in [0.2, 0.25) is 0 Å². The molecule has 0 unspecified atom stereocenters. The molecule has 0 bridgehead atoms. The molecular formula is C19H34NO3+. The number of likely N-dealkylation sites (N-methyl/N-ethyl adjacent to an activating group) is 1. The van der Waals surface area contributed by atoms with Crippen LogP contribution < -0.4 is 0 Å². The Morgan fingerprint density at radius 2 is 1.48 bits per heavy atom. The molecule has 0 aromatic heterocycles. The molecule has 1 N–H and O–H groups in total. The lowest BCUT2D eigenvalue weighted by Gasteiger charge is -2.41. The van der Waals surface area contributed by atoms with Crippen molar-refractivity contribution in [3.05, 3.63) is 0 Å². The first-order valence-electron chi connectivity index (χ1n) is 9.67. The fourth-order valence-electron chi connectivity index (χ4n) is 5.14.